The zero-order valence-corrected chi connectivity index (χ0v) is 14.8. The molecule has 0 aliphatic carbocycles. The molecular weight excluding hydrogens is 304 g/mol. The molecule has 5 nitrogen and oxygen atoms in total. The Kier molecular flexibility index (Phi) is 10.5. The van der Waals surface area contributed by atoms with Crippen LogP contribution in [0, 0.1) is 0 Å². The van der Waals surface area contributed by atoms with Gasteiger partial charge in [-0.3, -0.25) is 0 Å². The minimum absolute atomic E-state index is 0.202. The summed E-state index contributed by atoms with van der Waals surface area (Å²) in [5.74, 6) is -0.450. The first-order chi connectivity index (χ1) is 11.6. The Morgan fingerprint density at radius 3 is 2.04 bits per heavy atom. The van der Waals surface area contributed by atoms with E-state index in [9.17, 15) is 15.0 Å². The van der Waals surface area contributed by atoms with Crippen molar-refractivity contribution in [3.05, 3.63) is 18.2 Å². The molecule has 5 heteroatoms. The predicted molar refractivity (Wildman–Crippen MR) is 98.6 cm³/mol. The Hall–Kier alpha value is -1.91. The lowest BCUT2D eigenvalue weighted by Gasteiger charge is -2.08. The van der Waals surface area contributed by atoms with Crippen LogP contribution in [0.15, 0.2) is 18.2 Å². The molecule has 0 saturated heterocycles. The number of aromatic hydroxyl groups is 2. The molecule has 0 radical (unpaired) electrons. The van der Waals surface area contributed by atoms with Gasteiger partial charge in [0.2, 0.25) is 0 Å². The summed E-state index contributed by atoms with van der Waals surface area (Å²) in [5, 5.41) is 24.0. The van der Waals surface area contributed by atoms with Gasteiger partial charge in [-0.05, 0) is 18.6 Å². The fourth-order valence-corrected chi connectivity index (χ4v) is 2.59. The van der Waals surface area contributed by atoms with Crippen LogP contribution >= 0.6 is 0 Å². The van der Waals surface area contributed by atoms with E-state index in [0.717, 1.165) is 12.8 Å². The highest BCUT2D eigenvalue weighted by atomic mass is 16.3. The van der Waals surface area contributed by atoms with E-state index in [4.69, 9.17) is 0 Å². The third kappa shape index (κ3) is 9.28. The first kappa shape index (κ1) is 20.1. The first-order valence-electron chi connectivity index (χ1n) is 9.20. The van der Waals surface area contributed by atoms with Crippen LogP contribution < -0.4 is 10.6 Å². The molecule has 0 spiro atoms. The van der Waals surface area contributed by atoms with Crippen LogP contribution in [-0.4, -0.2) is 22.8 Å². The quantitative estimate of drug-likeness (QED) is 0.242. The number of phenols is 2. The van der Waals surface area contributed by atoms with Crippen LogP contribution in [0.2, 0.25) is 0 Å². The lowest BCUT2D eigenvalue weighted by atomic mass is 10.1. The minimum Gasteiger partial charge on any atom is -0.504 e. The second kappa shape index (κ2) is 12.5. The summed E-state index contributed by atoms with van der Waals surface area (Å²) in [7, 11) is 0. The highest BCUT2D eigenvalue weighted by Gasteiger charge is 2.04. The van der Waals surface area contributed by atoms with Crippen molar-refractivity contribution in [2.75, 3.05) is 11.9 Å². The summed E-state index contributed by atoms with van der Waals surface area (Å²) < 4.78 is 0. The van der Waals surface area contributed by atoms with Crippen LogP contribution in [0.3, 0.4) is 0 Å². The summed E-state index contributed by atoms with van der Waals surface area (Å²) in [6.45, 7) is 2.88. The number of rotatable bonds is 12. The van der Waals surface area contributed by atoms with Crippen LogP contribution in [0.4, 0.5) is 10.5 Å². The lowest BCUT2D eigenvalue weighted by Crippen LogP contribution is -2.29. The van der Waals surface area contributed by atoms with Crippen molar-refractivity contribution in [3.8, 4) is 11.5 Å². The second-order valence-corrected chi connectivity index (χ2v) is 6.27. The first-order valence-corrected chi connectivity index (χ1v) is 9.20. The van der Waals surface area contributed by atoms with Gasteiger partial charge >= 0.3 is 6.03 Å². The van der Waals surface area contributed by atoms with Gasteiger partial charge in [-0.25, -0.2) is 4.79 Å². The van der Waals surface area contributed by atoms with Crippen LogP contribution in [-0.2, 0) is 0 Å². The maximum absolute atomic E-state index is 11.7. The highest BCUT2D eigenvalue weighted by Crippen LogP contribution is 2.27. The molecule has 0 aromatic heterocycles. The summed E-state index contributed by atoms with van der Waals surface area (Å²) in [6.07, 6.45) is 12.7. The highest BCUT2D eigenvalue weighted by molar-refractivity contribution is 5.89. The monoisotopic (exact) mass is 336 g/mol. The zero-order chi connectivity index (χ0) is 17.6. The van der Waals surface area contributed by atoms with Crippen LogP contribution in [0.5, 0.6) is 11.5 Å². The molecular formula is C19H32N2O3. The smallest absolute Gasteiger partial charge is 0.319 e. The number of urea groups is 1. The van der Waals surface area contributed by atoms with Crippen molar-refractivity contribution >= 4 is 11.7 Å². The maximum Gasteiger partial charge on any atom is 0.319 e. The topological polar surface area (TPSA) is 81.6 Å². The molecule has 0 aliphatic heterocycles. The van der Waals surface area contributed by atoms with Gasteiger partial charge in [-0.1, -0.05) is 64.7 Å². The molecule has 136 valence electrons. The van der Waals surface area contributed by atoms with E-state index in [-0.39, 0.29) is 17.5 Å². The van der Waals surface area contributed by atoms with Gasteiger partial charge in [0.1, 0.15) is 0 Å². The number of hydrogen-bond acceptors (Lipinski definition) is 3. The largest absolute Gasteiger partial charge is 0.504 e. The molecule has 0 aliphatic rings. The Morgan fingerprint density at radius 2 is 1.46 bits per heavy atom. The van der Waals surface area contributed by atoms with Gasteiger partial charge in [0.25, 0.3) is 0 Å². The van der Waals surface area contributed by atoms with E-state index in [2.05, 4.69) is 17.6 Å². The van der Waals surface area contributed by atoms with Crippen molar-refractivity contribution in [1.82, 2.24) is 5.32 Å². The van der Waals surface area contributed by atoms with Crippen molar-refractivity contribution in [3.63, 3.8) is 0 Å². The van der Waals surface area contributed by atoms with E-state index in [1.807, 2.05) is 0 Å². The van der Waals surface area contributed by atoms with E-state index < -0.39 is 0 Å². The van der Waals surface area contributed by atoms with Crippen molar-refractivity contribution in [1.29, 1.82) is 0 Å². The molecule has 24 heavy (non-hydrogen) atoms. The number of carbonyl (C=O) groups excluding carboxylic acids is 1. The van der Waals surface area contributed by atoms with Gasteiger partial charge in [0.15, 0.2) is 11.5 Å². The van der Waals surface area contributed by atoms with Crippen molar-refractivity contribution in [2.24, 2.45) is 0 Å². The standard InChI is InChI=1S/C19H32N2O3/c1-2-3-4-5-6-7-8-9-10-11-14-20-19(24)21-16-12-13-17(22)18(23)15-16/h12-13,15,22-23H,2-11,14H2,1H3,(H2,20,21,24). The van der Waals surface area contributed by atoms with Gasteiger partial charge < -0.3 is 20.8 Å². The lowest BCUT2D eigenvalue weighted by molar-refractivity contribution is 0.252. The summed E-state index contributed by atoms with van der Waals surface area (Å²) >= 11 is 0. The van der Waals surface area contributed by atoms with Gasteiger partial charge in [-0.2, -0.15) is 0 Å². The second-order valence-electron chi connectivity index (χ2n) is 6.27. The Bertz CT molecular complexity index is 478. The summed E-state index contributed by atoms with van der Waals surface area (Å²) in [6, 6.07) is 3.90. The molecule has 1 aromatic rings. The number of nitrogens with one attached hydrogen (secondary N) is 2. The summed E-state index contributed by atoms with van der Waals surface area (Å²) in [5.41, 5.74) is 0.450. The zero-order valence-electron chi connectivity index (χ0n) is 14.8. The maximum atomic E-state index is 11.7. The molecule has 0 fully saturated rings. The molecule has 1 rings (SSSR count). The fourth-order valence-electron chi connectivity index (χ4n) is 2.59. The number of benzene rings is 1. The Balaban J connectivity index is 1.97. The third-order valence-electron chi connectivity index (χ3n) is 4.05. The average molecular weight is 336 g/mol. The predicted octanol–water partition coefficient (Wildman–Crippen LogP) is 5.14. The SMILES string of the molecule is CCCCCCCCCCCCNC(=O)Nc1ccc(O)c(O)c1. The molecule has 0 unspecified atom stereocenters. The van der Waals surface area contributed by atoms with Gasteiger partial charge in [0, 0.05) is 18.3 Å². The van der Waals surface area contributed by atoms with Crippen molar-refractivity contribution < 1.29 is 15.0 Å². The molecule has 0 atom stereocenters. The molecule has 1 aromatic carbocycles. The summed E-state index contributed by atoms with van der Waals surface area (Å²) in [4.78, 5) is 11.7. The third-order valence-corrected chi connectivity index (χ3v) is 4.05. The van der Waals surface area contributed by atoms with E-state index in [1.54, 1.807) is 0 Å². The van der Waals surface area contributed by atoms with Gasteiger partial charge in [-0.15, -0.1) is 0 Å². The molecule has 2 amide bonds. The fraction of sp³-hybridized carbons (Fsp3) is 0.632. The number of hydrogen-bond donors (Lipinski definition) is 4. The Labute approximate surface area is 145 Å². The number of carbonyl (C=O) groups is 1. The normalized spacial score (nSPS) is 10.5. The van der Waals surface area contributed by atoms with Gasteiger partial charge in [0.05, 0.1) is 0 Å². The number of phenolic OH excluding ortho intramolecular Hbond substituents is 2. The van der Waals surface area contributed by atoms with Crippen LogP contribution in [0.25, 0.3) is 0 Å². The van der Waals surface area contributed by atoms with Crippen molar-refractivity contribution in [2.45, 2.75) is 71.1 Å². The van der Waals surface area contributed by atoms with Crippen LogP contribution in [0.1, 0.15) is 71.1 Å². The Morgan fingerprint density at radius 1 is 0.875 bits per heavy atom. The molecule has 0 bridgehead atoms. The molecule has 0 heterocycles. The number of unbranched alkanes of at least 4 members (excludes halogenated alkanes) is 9. The number of anilines is 1. The van der Waals surface area contributed by atoms with E-state index >= 15 is 0 Å². The molecule has 0 saturated carbocycles. The number of amides is 2. The minimum atomic E-state index is -0.295. The molecule has 4 N–H and O–H groups in total. The average Bonchev–Trinajstić information content (AvgIpc) is 2.56. The van der Waals surface area contributed by atoms with E-state index in [1.165, 1.54) is 69.6 Å². The van der Waals surface area contributed by atoms with E-state index in [0.29, 0.717) is 12.2 Å².